The molecule has 2 unspecified atom stereocenters. The molecule has 2 heterocycles. The highest BCUT2D eigenvalue weighted by molar-refractivity contribution is 5.94. The number of rotatable bonds is 3. The molecule has 102 valence electrons. The van der Waals surface area contributed by atoms with E-state index in [2.05, 4.69) is 24.1 Å². The molecular formula is C13H23N3O2. The van der Waals surface area contributed by atoms with Gasteiger partial charge in [-0.05, 0) is 39.7 Å². The van der Waals surface area contributed by atoms with Crippen molar-refractivity contribution in [1.82, 2.24) is 15.1 Å². The van der Waals surface area contributed by atoms with E-state index >= 15 is 0 Å². The van der Waals surface area contributed by atoms with E-state index in [9.17, 15) is 9.59 Å². The summed E-state index contributed by atoms with van der Waals surface area (Å²) >= 11 is 0. The van der Waals surface area contributed by atoms with Gasteiger partial charge in [0.05, 0.1) is 6.54 Å². The largest absolute Gasteiger partial charge is 0.343 e. The quantitative estimate of drug-likeness (QED) is 0.774. The van der Waals surface area contributed by atoms with Crippen LogP contribution < -0.4 is 5.32 Å². The molecule has 18 heavy (non-hydrogen) atoms. The number of carbonyl (C=O) groups is 2. The molecule has 2 saturated heterocycles. The lowest BCUT2D eigenvalue weighted by molar-refractivity contribution is -0.144. The molecule has 2 aliphatic heterocycles. The molecule has 2 rings (SSSR count). The van der Waals surface area contributed by atoms with Gasteiger partial charge in [0, 0.05) is 19.1 Å². The predicted molar refractivity (Wildman–Crippen MR) is 69.0 cm³/mol. The van der Waals surface area contributed by atoms with Crippen LogP contribution in [0.4, 0.5) is 0 Å². The van der Waals surface area contributed by atoms with Crippen molar-refractivity contribution >= 4 is 11.8 Å². The Morgan fingerprint density at radius 3 is 2.72 bits per heavy atom. The van der Waals surface area contributed by atoms with Gasteiger partial charge in [-0.1, -0.05) is 0 Å². The first-order valence-corrected chi connectivity index (χ1v) is 6.79. The molecule has 2 amide bonds. The fraction of sp³-hybridized carbons (Fsp3) is 0.846. The molecule has 5 heteroatoms. The molecule has 0 spiro atoms. The zero-order chi connectivity index (χ0) is 13.3. The van der Waals surface area contributed by atoms with Crippen LogP contribution in [0.3, 0.4) is 0 Å². The van der Waals surface area contributed by atoms with E-state index < -0.39 is 0 Å². The number of hydrogen-bond donors (Lipinski definition) is 1. The summed E-state index contributed by atoms with van der Waals surface area (Å²) in [6.07, 6.45) is 1.12. The molecule has 0 aliphatic carbocycles. The Labute approximate surface area is 108 Å². The lowest BCUT2D eigenvalue weighted by Crippen LogP contribution is -2.57. The summed E-state index contributed by atoms with van der Waals surface area (Å²) in [6.45, 7) is 9.24. The van der Waals surface area contributed by atoms with Gasteiger partial charge in [-0.15, -0.1) is 0 Å². The van der Waals surface area contributed by atoms with Crippen LogP contribution in [0, 0.1) is 5.92 Å². The molecule has 0 bridgehead atoms. The van der Waals surface area contributed by atoms with E-state index in [0.717, 1.165) is 26.1 Å². The Balaban J connectivity index is 1.89. The van der Waals surface area contributed by atoms with Crippen molar-refractivity contribution in [2.45, 2.75) is 39.3 Å². The topological polar surface area (TPSA) is 52.7 Å². The van der Waals surface area contributed by atoms with Crippen molar-refractivity contribution < 1.29 is 9.59 Å². The van der Waals surface area contributed by atoms with Gasteiger partial charge in [0.1, 0.15) is 6.04 Å². The molecule has 0 saturated carbocycles. The molecule has 2 fully saturated rings. The average molecular weight is 253 g/mol. The Morgan fingerprint density at radius 2 is 2.11 bits per heavy atom. The summed E-state index contributed by atoms with van der Waals surface area (Å²) in [6, 6.07) is 0.197. The van der Waals surface area contributed by atoms with E-state index in [1.807, 2.05) is 0 Å². The normalized spacial score (nSPS) is 30.1. The van der Waals surface area contributed by atoms with Crippen molar-refractivity contribution in [1.29, 1.82) is 0 Å². The minimum atomic E-state index is -0.367. The molecule has 2 atom stereocenters. The van der Waals surface area contributed by atoms with Gasteiger partial charge in [0.2, 0.25) is 11.8 Å². The van der Waals surface area contributed by atoms with E-state index in [-0.39, 0.29) is 24.4 Å². The van der Waals surface area contributed by atoms with Crippen LogP contribution in [-0.4, -0.2) is 59.9 Å². The molecule has 2 aliphatic rings. The van der Waals surface area contributed by atoms with Crippen LogP contribution in [0.15, 0.2) is 0 Å². The summed E-state index contributed by atoms with van der Waals surface area (Å²) in [7, 11) is 0. The summed E-state index contributed by atoms with van der Waals surface area (Å²) in [5, 5.41) is 2.67. The minimum absolute atomic E-state index is 0.0409. The van der Waals surface area contributed by atoms with Crippen molar-refractivity contribution in [2.75, 3.05) is 26.2 Å². The van der Waals surface area contributed by atoms with Crippen molar-refractivity contribution in [2.24, 2.45) is 5.92 Å². The maximum absolute atomic E-state index is 12.0. The van der Waals surface area contributed by atoms with Crippen molar-refractivity contribution in [3.8, 4) is 0 Å². The molecule has 0 aromatic carbocycles. The zero-order valence-corrected chi connectivity index (χ0v) is 11.5. The van der Waals surface area contributed by atoms with Crippen LogP contribution in [-0.2, 0) is 9.59 Å². The third kappa shape index (κ3) is 2.83. The number of nitrogens with one attached hydrogen (secondary N) is 1. The van der Waals surface area contributed by atoms with Gasteiger partial charge in [-0.3, -0.25) is 9.59 Å². The maximum atomic E-state index is 12.0. The van der Waals surface area contributed by atoms with Gasteiger partial charge >= 0.3 is 0 Å². The maximum Gasteiger partial charge on any atom is 0.245 e. The van der Waals surface area contributed by atoms with Crippen LogP contribution >= 0.6 is 0 Å². The summed E-state index contributed by atoms with van der Waals surface area (Å²) < 4.78 is 0. The van der Waals surface area contributed by atoms with Gasteiger partial charge in [0.15, 0.2) is 0 Å². The predicted octanol–water partition coefficient (Wildman–Crippen LogP) is 0.0636. The zero-order valence-electron chi connectivity index (χ0n) is 11.5. The smallest absolute Gasteiger partial charge is 0.245 e. The Bertz CT molecular complexity index is 343. The second-order valence-corrected chi connectivity index (χ2v) is 5.75. The fourth-order valence-corrected chi connectivity index (χ4v) is 2.82. The summed E-state index contributed by atoms with van der Waals surface area (Å²) in [5.74, 6) is 0.521. The standard InChI is InChI=1S/C13H23N3O2/c1-9(2)15-5-4-11(6-15)7-16-8-12(17)14-10(3)13(16)18/h9-11H,4-8H2,1-3H3,(H,14,17). The number of amides is 2. The molecule has 0 radical (unpaired) electrons. The number of carbonyl (C=O) groups excluding carboxylic acids is 2. The van der Waals surface area contributed by atoms with E-state index in [1.54, 1.807) is 11.8 Å². The molecule has 1 N–H and O–H groups in total. The van der Waals surface area contributed by atoms with Gasteiger partial charge < -0.3 is 15.1 Å². The fourth-order valence-electron chi connectivity index (χ4n) is 2.82. The molecule has 5 nitrogen and oxygen atoms in total. The number of nitrogens with zero attached hydrogens (tertiary/aromatic N) is 2. The van der Waals surface area contributed by atoms with Gasteiger partial charge in [-0.2, -0.15) is 0 Å². The number of hydrogen-bond acceptors (Lipinski definition) is 3. The van der Waals surface area contributed by atoms with Crippen molar-refractivity contribution in [3.63, 3.8) is 0 Å². The third-order valence-corrected chi connectivity index (χ3v) is 3.92. The highest BCUT2D eigenvalue weighted by Crippen LogP contribution is 2.20. The molecular weight excluding hydrogens is 230 g/mol. The highest BCUT2D eigenvalue weighted by Gasteiger charge is 2.33. The van der Waals surface area contributed by atoms with Gasteiger partial charge in [-0.25, -0.2) is 0 Å². The Kier molecular flexibility index (Phi) is 3.90. The van der Waals surface area contributed by atoms with E-state index in [0.29, 0.717) is 12.0 Å². The summed E-state index contributed by atoms with van der Waals surface area (Å²) in [4.78, 5) is 27.6. The third-order valence-electron chi connectivity index (χ3n) is 3.92. The lowest BCUT2D eigenvalue weighted by Gasteiger charge is -2.32. The van der Waals surface area contributed by atoms with E-state index in [4.69, 9.17) is 0 Å². The number of piperazine rings is 1. The second-order valence-electron chi connectivity index (χ2n) is 5.75. The van der Waals surface area contributed by atoms with Gasteiger partial charge in [0.25, 0.3) is 0 Å². The first-order valence-electron chi connectivity index (χ1n) is 6.79. The first kappa shape index (κ1) is 13.3. The van der Waals surface area contributed by atoms with E-state index in [1.165, 1.54) is 0 Å². The molecule has 0 aromatic heterocycles. The van der Waals surface area contributed by atoms with Crippen molar-refractivity contribution in [3.05, 3.63) is 0 Å². The van der Waals surface area contributed by atoms with Crippen LogP contribution in [0.2, 0.25) is 0 Å². The highest BCUT2D eigenvalue weighted by atomic mass is 16.2. The monoisotopic (exact) mass is 253 g/mol. The lowest BCUT2D eigenvalue weighted by atomic mass is 10.1. The molecule has 0 aromatic rings. The van der Waals surface area contributed by atoms with Crippen LogP contribution in [0.5, 0.6) is 0 Å². The SMILES string of the molecule is CC1NC(=O)CN(CC2CCN(C(C)C)C2)C1=O. The summed E-state index contributed by atoms with van der Waals surface area (Å²) in [5.41, 5.74) is 0. The first-order chi connectivity index (χ1) is 8.47. The second kappa shape index (κ2) is 5.26. The average Bonchev–Trinajstić information content (AvgIpc) is 2.74. The van der Waals surface area contributed by atoms with Crippen LogP contribution in [0.1, 0.15) is 27.2 Å². The number of likely N-dealkylation sites (tertiary alicyclic amines) is 1. The minimum Gasteiger partial charge on any atom is -0.343 e. The Morgan fingerprint density at radius 1 is 1.39 bits per heavy atom. The Hall–Kier alpha value is -1.10. The van der Waals surface area contributed by atoms with Crippen LogP contribution in [0.25, 0.3) is 0 Å².